The highest BCUT2D eigenvalue weighted by Crippen LogP contribution is 2.37. The first kappa shape index (κ1) is 18.3. The fourth-order valence-corrected chi connectivity index (χ4v) is 3.56. The first-order valence-corrected chi connectivity index (χ1v) is 9.74. The van der Waals surface area contributed by atoms with Crippen LogP contribution >= 0.6 is 11.6 Å². The Bertz CT molecular complexity index is 781. The van der Waals surface area contributed by atoms with Gasteiger partial charge in [0.1, 0.15) is 5.82 Å². The molecular formula is C20H24ClN3O3. The molecule has 0 aliphatic carbocycles. The number of nitrogens with one attached hydrogen (secondary N) is 1. The van der Waals surface area contributed by atoms with Crippen molar-refractivity contribution in [2.75, 3.05) is 44.4 Å². The fraction of sp³-hybridized carbons (Fsp3) is 0.450. The van der Waals surface area contributed by atoms with E-state index < -0.39 is 0 Å². The van der Waals surface area contributed by atoms with Gasteiger partial charge in [0.15, 0.2) is 11.5 Å². The number of fused-ring (bicyclic) bond motifs is 1. The Labute approximate surface area is 164 Å². The van der Waals surface area contributed by atoms with Gasteiger partial charge in [-0.05, 0) is 35.4 Å². The summed E-state index contributed by atoms with van der Waals surface area (Å²) in [5, 5.41) is 4.07. The predicted molar refractivity (Wildman–Crippen MR) is 105 cm³/mol. The quantitative estimate of drug-likeness (QED) is 0.848. The molecule has 0 saturated carbocycles. The van der Waals surface area contributed by atoms with Crippen molar-refractivity contribution in [3.8, 4) is 11.5 Å². The van der Waals surface area contributed by atoms with E-state index in [0.29, 0.717) is 30.5 Å². The third-order valence-corrected chi connectivity index (χ3v) is 4.95. The third kappa shape index (κ3) is 4.64. The van der Waals surface area contributed by atoms with E-state index in [1.54, 1.807) is 0 Å². The van der Waals surface area contributed by atoms with Gasteiger partial charge in [0.05, 0.1) is 31.5 Å². The molecule has 27 heavy (non-hydrogen) atoms. The summed E-state index contributed by atoms with van der Waals surface area (Å²) < 4.78 is 16.8. The molecular weight excluding hydrogens is 366 g/mol. The topological polar surface area (TPSA) is 55.9 Å². The monoisotopic (exact) mass is 389 g/mol. The molecule has 0 bridgehead atoms. The summed E-state index contributed by atoms with van der Waals surface area (Å²) >= 11 is 6.37. The number of anilines is 1. The van der Waals surface area contributed by atoms with Gasteiger partial charge in [0.25, 0.3) is 0 Å². The summed E-state index contributed by atoms with van der Waals surface area (Å²) in [6.07, 6.45) is 2.73. The maximum Gasteiger partial charge on any atom is 0.179 e. The van der Waals surface area contributed by atoms with Crippen LogP contribution in [-0.2, 0) is 17.8 Å². The highest BCUT2D eigenvalue weighted by Gasteiger charge is 2.16. The van der Waals surface area contributed by atoms with Crippen LogP contribution in [0.25, 0.3) is 0 Å². The summed E-state index contributed by atoms with van der Waals surface area (Å²) in [6, 6.07) is 8.12. The minimum atomic E-state index is 0.602. The van der Waals surface area contributed by atoms with Gasteiger partial charge < -0.3 is 24.4 Å². The van der Waals surface area contributed by atoms with Gasteiger partial charge in [-0.15, -0.1) is 0 Å². The van der Waals surface area contributed by atoms with Crippen molar-refractivity contribution in [1.29, 1.82) is 0 Å². The van der Waals surface area contributed by atoms with E-state index in [0.717, 1.165) is 56.4 Å². The second kappa shape index (κ2) is 8.78. The summed E-state index contributed by atoms with van der Waals surface area (Å²) in [5.41, 5.74) is 2.28. The molecule has 144 valence electrons. The highest BCUT2D eigenvalue weighted by atomic mass is 35.5. The lowest BCUT2D eigenvalue weighted by Crippen LogP contribution is -2.36. The van der Waals surface area contributed by atoms with Gasteiger partial charge >= 0.3 is 0 Å². The van der Waals surface area contributed by atoms with Gasteiger partial charge in [0, 0.05) is 38.8 Å². The largest absolute Gasteiger partial charge is 0.489 e. The molecule has 2 aromatic rings. The zero-order valence-corrected chi connectivity index (χ0v) is 16.0. The van der Waals surface area contributed by atoms with Crippen LogP contribution in [0.15, 0.2) is 30.5 Å². The van der Waals surface area contributed by atoms with Crippen LogP contribution in [-0.4, -0.2) is 44.5 Å². The smallest absolute Gasteiger partial charge is 0.179 e. The predicted octanol–water partition coefficient (Wildman–Crippen LogP) is 3.02. The Balaban J connectivity index is 1.37. The Morgan fingerprint density at radius 1 is 1.00 bits per heavy atom. The SMILES string of the molecule is Clc1cc(CNCc2ccnc(N3CCOCC3)c2)cc2c1OCCCO2. The minimum absolute atomic E-state index is 0.602. The van der Waals surface area contributed by atoms with Gasteiger partial charge in [0.2, 0.25) is 0 Å². The molecule has 3 heterocycles. The number of halogens is 1. The second-order valence-electron chi connectivity index (χ2n) is 6.68. The van der Waals surface area contributed by atoms with E-state index in [9.17, 15) is 0 Å². The molecule has 2 aliphatic heterocycles. The second-order valence-corrected chi connectivity index (χ2v) is 7.09. The number of hydrogen-bond donors (Lipinski definition) is 1. The molecule has 1 saturated heterocycles. The van der Waals surface area contributed by atoms with Crippen LogP contribution in [0.5, 0.6) is 11.5 Å². The Morgan fingerprint density at radius 3 is 2.70 bits per heavy atom. The van der Waals surface area contributed by atoms with E-state index in [4.69, 9.17) is 25.8 Å². The molecule has 1 aromatic carbocycles. The molecule has 1 fully saturated rings. The van der Waals surface area contributed by atoms with Crippen molar-refractivity contribution in [2.45, 2.75) is 19.5 Å². The lowest BCUT2D eigenvalue weighted by molar-refractivity contribution is 0.122. The average molecular weight is 390 g/mol. The molecule has 0 amide bonds. The number of ether oxygens (including phenoxy) is 3. The van der Waals surface area contributed by atoms with Crippen molar-refractivity contribution in [2.24, 2.45) is 0 Å². The number of benzene rings is 1. The summed E-state index contributed by atoms with van der Waals surface area (Å²) in [7, 11) is 0. The normalized spacial score (nSPS) is 16.9. The number of rotatable bonds is 5. The summed E-state index contributed by atoms with van der Waals surface area (Å²) in [6.45, 7) is 6.04. The van der Waals surface area contributed by atoms with E-state index >= 15 is 0 Å². The number of aromatic nitrogens is 1. The number of hydrogen-bond acceptors (Lipinski definition) is 6. The lowest BCUT2D eigenvalue weighted by atomic mass is 10.2. The Morgan fingerprint density at radius 2 is 1.81 bits per heavy atom. The molecule has 6 nitrogen and oxygen atoms in total. The molecule has 0 radical (unpaired) electrons. The minimum Gasteiger partial charge on any atom is -0.489 e. The molecule has 0 atom stereocenters. The highest BCUT2D eigenvalue weighted by molar-refractivity contribution is 6.32. The molecule has 4 rings (SSSR count). The van der Waals surface area contributed by atoms with E-state index in [1.165, 1.54) is 5.56 Å². The van der Waals surface area contributed by atoms with Crippen molar-refractivity contribution < 1.29 is 14.2 Å². The Hall–Kier alpha value is -2.02. The van der Waals surface area contributed by atoms with Crippen molar-refractivity contribution >= 4 is 17.4 Å². The zero-order valence-electron chi connectivity index (χ0n) is 15.2. The Kier molecular flexibility index (Phi) is 5.97. The number of nitrogens with zero attached hydrogens (tertiary/aromatic N) is 2. The molecule has 0 spiro atoms. The van der Waals surface area contributed by atoms with Crippen molar-refractivity contribution in [3.05, 3.63) is 46.6 Å². The van der Waals surface area contributed by atoms with E-state index in [-0.39, 0.29) is 0 Å². The van der Waals surface area contributed by atoms with Gasteiger partial charge in [-0.1, -0.05) is 11.6 Å². The van der Waals surface area contributed by atoms with Gasteiger partial charge in [-0.2, -0.15) is 0 Å². The fourth-order valence-electron chi connectivity index (χ4n) is 3.27. The molecule has 1 aromatic heterocycles. The zero-order chi connectivity index (χ0) is 18.5. The van der Waals surface area contributed by atoms with Crippen LogP contribution in [0.1, 0.15) is 17.5 Å². The van der Waals surface area contributed by atoms with E-state index in [1.807, 2.05) is 24.4 Å². The van der Waals surface area contributed by atoms with E-state index in [2.05, 4.69) is 21.3 Å². The summed E-state index contributed by atoms with van der Waals surface area (Å²) in [5.74, 6) is 2.40. The van der Waals surface area contributed by atoms with Crippen LogP contribution in [0.3, 0.4) is 0 Å². The number of morpholine rings is 1. The molecule has 1 N–H and O–H groups in total. The average Bonchev–Trinajstić information content (AvgIpc) is 2.95. The van der Waals surface area contributed by atoms with Crippen molar-refractivity contribution in [1.82, 2.24) is 10.3 Å². The first-order chi connectivity index (χ1) is 13.3. The lowest BCUT2D eigenvalue weighted by Gasteiger charge is -2.28. The third-order valence-electron chi connectivity index (χ3n) is 4.67. The van der Waals surface area contributed by atoms with Crippen LogP contribution in [0.2, 0.25) is 5.02 Å². The van der Waals surface area contributed by atoms with Gasteiger partial charge in [-0.3, -0.25) is 0 Å². The maximum atomic E-state index is 6.37. The first-order valence-electron chi connectivity index (χ1n) is 9.36. The molecule has 7 heteroatoms. The standard InChI is InChI=1S/C20H24ClN3O3/c21-17-10-16(11-18-20(17)27-7-1-6-26-18)14-22-13-15-2-3-23-19(12-15)24-4-8-25-9-5-24/h2-3,10-12,22H,1,4-9,13-14H2. The van der Waals surface area contributed by atoms with Crippen molar-refractivity contribution in [3.63, 3.8) is 0 Å². The van der Waals surface area contributed by atoms with Gasteiger partial charge in [-0.25, -0.2) is 4.98 Å². The van der Waals surface area contributed by atoms with Crippen LogP contribution < -0.4 is 19.7 Å². The summed E-state index contributed by atoms with van der Waals surface area (Å²) in [4.78, 5) is 6.75. The van der Waals surface area contributed by atoms with Crippen LogP contribution in [0, 0.1) is 0 Å². The molecule has 0 unspecified atom stereocenters. The van der Waals surface area contributed by atoms with Crippen LogP contribution in [0.4, 0.5) is 5.82 Å². The molecule has 2 aliphatic rings. The maximum absolute atomic E-state index is 6.37. The number of pyridine rings is 1.